The molecule has 0 unspecified atom stereocenters. The molecule has 8 heteroatoms. The normalized spacial score (nSPS) is 10.2. The Hall–Kier alpha value is -1.74. The van der Waals surface area contributed by atoms with E-state index in [1.807, 2.05) is 6.07 Å². The van der Waals surface area contributed by atoms with Gasteiger partial charge in [-0.15, -0.1) is 0 Å². The third-order valence-corrected chi connectivity index (χ3v) is 3.46. The molecule has 1 aromatic carbocycles. The molecule has 2 amide bonds. The maximum absolute atomic E-state index is 11.7. The molecule has 0 saturated heterocycles. The summed E-state index contributed by atoms with van der Waals surface area (Å²) >= 11 is 8.11. The van der Waals surface area contributed by atoms with Gasteiger partial charge in [0, 0.05) is 3.57 Å². The topological polar surface area (TPSA) is 91.6 Å². The molecule has 0 atom stereocenters. The van der Waals surface area contributed by atoms with Gasteiger partial charge in [0.25, 0.3) is 0 Å². The van der Waals surface area contributed by atoms with Gasteiger partial charge in [-0.05, 0) is 52.9 Å². The summed E-state index contributed by atoms with van der Waals surface area (Å²) in [5.41, 5.74) is 0.486. The third kappa shape index (κ3) is 4.36. The fourth-order valence-corrected chi connectivity index (χ4v) is 2.42. The number of carboxylic acids is 1. The van der Waals surface area contributed by atoms with Gasteiger partial charge in [0.15, 0.2) is 0 Å². The number of aromatic carboxylic acids is 1. The number of hydrogen-bond acceptors (Lipinski definition) is 3. The molecular formula is C13H10ClIN2O4. The van der Waals surface area contributed by atoms with E-state index in [2.05, 4.69) is 33.2 Å². The first-order chi connectivity index (χ1) is 9.95. The molecule has 0 bridgehead atoms. The molecular weight excluding hydrogens is 411 g/mol. The Morgan fingerprint density at radius 3 is 2.67 bits per heavy atom. The highest BCUT2D eigenvalue weighted by Gasteiger charge is 2.10. The highest BCUT2D eigenvalue weighted by molar-refractivity contribution is 14.1. The number of urea groups is 1. The minimum atomic E-state index is -1.16. The van der Waals surface area contributed by atoms with Crippen molar-refractivity contribution >= 4 is 51.9 Å². The van der Waals surface area contributed by atoms with Gasteiger partial charge in [-0.1, -0.05) is 11.6 Å². The molecule has 0 spiro atoms. The molecule has 110 valence electrons. The van der Waals surface area contributed by atoms with Crippen LogP contribution in [0.2, 0.25) is 5.02 Å². The number of carbonyl (C=O) groups excluding carboxylic acids is 1. The van der Waals surface area contributed by atoms with Gasteiger partial charge >= 0.3 is 12.0 Å². The predicted octanol–water partition coefficient (Wildman–Crippen LogP) is 3.56. The number of benzene rings is 1. The summed E-state index contributed by atoms with van der Waals surface area (Å²) in [5, 5.41) is 14.3. The van der Waals surface area contributed by atoms with Crippen LogP contribution in [0.4, 0.5) is 10.5 Å². The van der Waals surface area contributed by atoms with Crippen molar-refractivity contribution in [1.29, 1.82) is 0 Å². The average molecular weight is 421 g/mol. The van der Waals surface area contributed by atoms with E-state index >= 15 is 0 Å². The first-order valence-corrected chi connectivity index (χ1v) is 7.23. The van der Waals surface area contributed by atoms with Gasteiger partial charge in [-0.25, -0.2) is 9.59 Å². The summed E-state index contributed by atoms with van der Waals surface area (Å²) in [6.07, 6.45) is 0. The third-order valence-electron chi connectivity index (χ3n) is 2.47. The Bertz CT molecular complexity index is 687. The first kappa shape index (κ1) is 15.6. The Labute approximate surface area is 138 Å². The summed E-state index contributed by atoms with van der Waals surface area (Å²) < 4.78 is 5.97. The Morgan fingerprint density at radius 1 is 1.29 bits per heavy atom. The van der Waals surface area contributed by atoms with Crippen LogP contribution >= 0.6 is 34.2 Å². The van der Waals surface area contributed by atoms with E-state index in [1.165, 1.54) is 12.1 Å². The standard InChI is InChI=1S/C13H10ClIN2O4/c14-9-5-7(15)1-3-10(9)17-13(20)16-6-8-2-4-11(21-8)12(18)19/h1-5H,6H2,(H,18,19)(H2,16,17,20). The number of anilines is 1. The molecule has 0 saturated carbocycles. The van der Waals surface area contributed by atoms with Crippen molar-refractivity contribution in [1.82, 2.24) is 5.32 Å². The van der Waals surface area contributed by atoms with E-state index in [4.69, 9.17) is 21.1 Å². The largest absolute Gasteiger partial charge is 0.475 e. The zero-order valence-electron chi connectivity index (χ0n) is 10.5. The van der Waals surface area contributed by atoms with E-state index in [0.29, 0.717) is 16.5 Å². The van der Waals surface area contributed by atoms with Crippen LogP contribution in [0.3, 0.4) is 0 Å². The number of hydrogen-bond donors (Lipinski definition) is 3. The van der Waals surface area contributed by atoms with Crippen molar-refractivity contribution in [2.24, 2.45) is 0 Å². The maximum Gasteiger partial charge on any atom is 0.371 e. The molecule has 0 fully saturated rings. The molecule has 0 radical (unpaired) electrons. The fraction of sp³-hybridized carbons (Fsp3) is 0.0769. The van der Waals surface area contributed by atoms with Crippen LogP contribution in [0.5, 0.6) is 0 Å². The number of furan rings is 1. The molecule has 0 aliphatic rings. The van der Waals surface area contributed by atoms with E-state index in [-0.39, 0.29) is 12.3 Å². The van der Waals surface area contributed by atoms with Crippen LogP contribution in [0.15, 0.2) is 34.7 Å². The minimum Gasteiger partial charge on any atom is -0.475 e. The molecule has 0 aliphatic heterocycles. The van der Waals surface area contributed by atoms with Gasteiger partial charge in [0.05, 0.1) is 17.3 Å². The second kappa shape index (κ2) is 6.81. The Balaban J connectivity index is 1.91. The van der Waals surface area contributed by atoms with Crippen molar-refractivity contribution < 1.29 is 19.1 Å². The van der Waals surface area contributed by atoms with E-state index in [1.54, 1.807) is 12.1 Å². The second-order valence-corrected chi connectivity index (χ2v) is 5.66. The first-order valence-electron chi connectivity index (χ1n) is 5.77. The van der Waals surface area contributed by atoms with Crippen LogP contribution in [0.25, 0.3) is 0 Å². The van der Waals surface area contributed by atoms with Gasteiger partial charge in [-0.3, -0.25) is 0 Å². The summed E-state index contributed by atoms with van der Waals surface area (Å²) in [6, 6.07) is 7.58. The van der Waals surface area contributed by atoms with Gasteiger partial charge in [-0.2, -0.15) is 0 Å². The van der Waals surface area contributed by atoms with Crippen LogP contribution < -0.4 is 10.6 Å². The smallest absolute Gasteiger partial charge is 0.371 e. The minimum absolute atomic E-state index is 0.0705. The number of amides is 2. The number of carbonyl (C=O) groups is 2. The lowest BCUT2D eigenvalue weighted by atomic mass is 10.3. The van der Waals surface area contributed by atoms with Crippen LogP contribution in [-0.2, 0) is 6.54 Å². The van der Waals surface area contributed by atoms with Crippen molar-refractivity contribution in [2.75, 3.05) is 5.32 Å². The SMILES string of the molecule is O=C(NCc1ccc(C(=O)O)o1)Nc1ccc(I)cc1Cl. The zero-order valence-corrected chi connectivity index (χ0v) is 13.4. The molecule has 3 N–H and O–H groups in total. The number of halogens is 2. The number of nitrogens with one attached hydrogen (secondary N) is 2. The molecule has 0 aliphatic carbocycles. The lowest BCUT2D eigenvalue weighted by Gasteiger charge is -2.08. The summed E-state index contributed by atoms with van der Waals surface area (Å²) in [4.78, 5) is 22.4. The van der Waals surface area contributed by atoms with E-state index in [0.717, 1.165) is 3.57 Å². The summed E-state index contributed by atoms with van der Waals surface area (Å²) in [6.45, 7) is 0.0705. The Morgan fingerprint density at radius 2 is 2.05 bits per heavy atom. The fourth-order valence-electron chi connectivity index (χ4n) is 1.51. The quantitative estimate of drug-likeness (QED) is 0.660. The Kier molecular flexibility index (Phi) is 5.07. The van der Waals surface area contributed by atoms with Crippen LogP contribution in [0.1, 0.15) is 16.3 Å². The monoisotopic (exact) mass is 420 g/mol. The van der Waals surface area contributed by atoms with Crippen LogP contribution in [-0.4, -0.2) is 17.1 Å². The lowest BCUT2D eigenvalue weighted by molar-refractivity contribution is 0.0660. The molecule has 1 aromatic heterocycles. The summed E-state index contributed by atoms with van der Waals surface area (Å²) in [7, 11) is 0. The molecule has 2 rings (SSSR count). The van der Waals surface area contributed by atoms with Gasteiger partial charge in [0.2, 0.25) is 5.76 Å². The molecule has 21 heavy (non-hydrogen) atoms. The van der Waals surface area contributed by atoms with E-state index in [9.17, 15) is 9.59 Å². The van der Waals surface area contributed by atoms with Crippen molar-refractivity contribution in [2.45, 2.75) is 6.54 Å². The predicted molar refractivity (Wildman–Crippen MR) is 85.7 cm³/mol. The highest BCUT2D eigenvalue weighted by atomic mass is 127. The summed E-state index contributed by atoms with van der Waals surface area (Å²) in [5.74, 6) is -0.986. The lowest BCUT2D eigenvalue weighted by Crippen LogP contribution is -2.28. The molecule has 1 heterocycles. The van der Waals surface area contributed by atoms with Crippen molar-refractivity contribution in [3.8, 4) is 0 Å². The zero-order chi connectivity index (χ0) is 15.4. The van der Waals surface area contributed by atoms with Crippen molar-refractivity contribution in [3.05, 3.63) is 50.4 Å². The average Bonchev–Trinajstić information content (AvgIpc) is 2.89. The molecule has 6 nitrogen and oxygen atoms in total. The van der Waals surface area contributed by atoms with Crippen molar-refractivity contribution in [3.63, 3.8) is 0 Å². The number of carboxylic acid groups (broad SMARTS) is 1. The number of rotatable bonds is 4. The van der Waals surface area contributed by atoms with Crippen LogP contribution in [0, 0.1) is 3.57 Å². The van der Waals surface area contributed by atoms with E-state index < -0.39 is 12.0 Å². The van der Waals surface area contributed by atoms with Gasteiger partial charge < -0.3 is 20.2 Å². The second-order valence-electron chi connectivity index (χ2n) is 4.00. The highest BCUT2D eigenvalue weighted by Crippen LogP contribution is 2.23. The molecule has 2 aromatic rings. The van der Waals surface area contributed by atoms with Gasteiger partial charge in [0.1, 0.15) is 5.76 Å². The maximum atomic E-state index is 11.7.